The number of hydrogen-bond acceptors (Lipinski definition) is 4. The molecule has 0 aromatic heterocycles. The topological polar surface area (TPSA) is 63.2 Å². The second-order valence-corrected chi connectivity index (χ2v) is 8.42. The van der Waals surface area contributed by atoms with Crippen molar-refractivity contribution < 1.29 is 14.4 Å². The van der Waals surface area contributed by atoms with Gasteiger partial charge in [0, 0.05) is 32.0 Å². The van der Waals surface area contributed by atoms with Crippen LogP contribution in [0.5, 0.6) is 0 Å². The Morgan fingerprint density at radius 1 is 0.625 bits per heavy atom. The number of nitrogens with one attached hydrogen (secondary N) is 1. The minimum absolute atomic E-state index is 0.218. The van der Waals surface area contributed by atoms with Crippen molar-refractivity contribution in [2.45, 2.75) is 9.79 Å². The number of amides is 1. The molecule has 0 unspecified atom stereocenters. The van der Waals surface area contributed by atoms with Crippen LogP contribution in [0.3, 0.4) is 0 Å². The van der Waals surface area contributed by atoms with Crippen LogP contribution >= 0.6 is 11.8 Å². The molecule has 1 N–H and O–H groups in total. The van der Waals surface area contributed by atoms with E-state index in [1.54, 1.807) is 60.7 Å². The van der Waals surface area contributed by atoms with Crippen LogP contribution in [0, 0.1) is 0 Å². The number of carbonyl (C=O) groups is 3. The molecule has 0 heterocycles. The van der Waals surface area contributed by atoms with E-state index >= 15 is 0 Å². The standard InChI is InChI=1S/C27H17NO3S/c29-25-19-13-7-8-14-20(19)26(30)24-22(32-18-11-5-2-6-12-18)16-15-21(23(24)25)28-27(31)17-9-3-1-4-10-17/h1-16H,(H,28,31). The minimum atomic E-state index is -0.338. The zero-order valence-corrected chi connectivity index (χ0v) is 17.7. The molecule has 5 heteroatoms. The van der Waals surface area contributed by atoms with Crippen LogP contribution in [0.25, 0.3) is 0 Å². The van der Waals surface area contributed by atoms with Gasteiger partial charge in [-0.25, -0.2) is 0 Å². The Balaban J connectivity index is 1.64. The molecule has 4 aromatic carbocycles. The number of ketones is 2. The Labute approximate surface area is 189 Å². The van der Waals surface area contributed by atoms with E-state index in [1.807, 2.05) is 36.4 Å². The number of anilines is 1. The summed E-state index contributed by atoms with van der Waals surface area (Å²) >= 11 is 1.42. The van der Waals surface area contributed by atoms with Crippen LogP contribution in [-0.2, 0) is 0 Å². The molecule has 0 saturated carbocycles. The van der Waals surface area contributed by atoms with E-state index in [2.05, 4.69) is 5.32 Å². The molecule has 0 radical (unpaired) electrons. The van der Waals surface area contributed by atoms with E-state index < -0.39 is 0 Å². The summed E-state index contributed by atoms with van der Waals surface area (Å²) in [7, 11) is 0. The molecule has 0 bridgehead atoms. The summed E-state index contributed by atoms with van der Waals surface area (Å²) in [5.74, 6) is -0.825. The predicted molar refractivity (Wildman–Crippen MR) is 125 cm³/mol. The Morgan fingerprint density at radius 3 is 1.84 bits per heavy atom. The van der Waals surface area contributed by atoms with Crippen LogP contribution in [-0.4, -0.2) is 17.5 Å². The molecular formula is C27H17NO3S. The van der Waals surface area contributed by atoms with Crippen molar-refractivity contribution in [3.05, 3.63) is 125 Å². The monoisotopic (exact) mass is 435 g/mol. The van der Waals surface area contributed by atoms with Crippen molar-refractivity contribution >= 4 is 34.9 Å². The van der Waals surface area contributed by atoms with Gasteiger partial charge in [0.25, 0.3) is 5.91 Å². The Morgan fingerprint density at radius 2 is 1.19 bits per heavy atom. The molecular weight excluding hydrogens is 418 g/mol. The van der Waals surface area contributed by atoms with Gasteiger partial charge >= 0.3 is 0 Å². The molecule has 154 valence electrons. The van der Waals surface area contributed by atoms with Crippen LogP contribution in [0.1, 0.15) is 42.2 Å². The summed E-state index contributed by atoms with van der Waals surface area (Å²) in [5, 5.41) is 2.84. The molecule has 4 nitrogen and oxygen atoms in total. The van der Waals surface area contributed by atoms with Crippen LogP contribution in [0.4, 0.5) is 5.69 Å². The number of benzene rings is 4. The molecule has 0 saturated heterocycles. The molecule has 1 aliphatic rings. The lowest BCUT2D eigenvalue weighted by atomic mass is 9.83. The van der Waals surface area contributed by atoms with E-state index in [0.29, 0.717) is 32.8 Å². The summed E-state index contributed by atoms with van der Waals surface area (Å²) in [6.45, 7) is 0. The van der Waals surface area contributed by atoms with Crippen LogP contribution in [0.15, 0.2) is 107 Å². The third-order valence-electron chi connectivity index (χ3n) is 5.29. The molecule has 0 spiro atoms. The molecule has 0 aliphatic heterocycles. The predicted octanol–water partition coefficient (Wildman–Crippen LogP) is 5.87. The van der Waals surface area contributed by atoms with Crippen molar-refractivity contribution in [1.29, 1.82) is 0 Å². The van der Waals surface area contributed by atoms with Gasteiger partial charge in [-0.2, -0.15) is 0 Å². The lowest BCUT2D eigenvalue weighted by molar-refractivity contribution is 0.0976. The van der Waals surface area contributed by atoms with Crippen molar-refractivity contribution in [2.75, 3.05) is 5.32 Å². The highest BCUT2D eigenvalue weighted by atomic mass is 32.2. The van der Waals surface area contributed by atoms with Crippen molar-refractivity contribution in [1.82, 2.24) is 0 Å². The van der Waals surface area contributed by atoms with Crippen LogP contribution in [0.2, 0.25) is 0 Å². The third kappa shape index (κ3) is 3.53. The van der Waals surface area contributed by atoms with E-state index in [-0.39, 0.29) is 23.0 Å². The van der Waals surface area contributed by atoms with E-state index in [4.69, 9.17) is 0 Å². The van der Waals surface area contributed by atoms with Gasteiger partial charge in [-0.15, -0.1) is 0 Å². The normalized spacial score (nSPS) is 12.1. The summed E-state index contributed by atoms with van der Waals surface area (Å²) in [4.78, 5) is 41.4. The average Bonchev–Trinajstić information content (AvgIpc) is 2.84. The first-order chi connectivity index (χ1) is 15.6. The van der Waals surface area contributed by atoms with E-state index in [0.717, 1.165) is 4.90 Å². The van der Waals surface area contributed by atoms with Crippen LogP contribution < -0.4 is 5.32 Å². The average molecular weight is 436 g/mol. The lowest BCUT2D eigenvalue weighted by Gasteiger charge is -2.23. The summed E-state index contributed by atoms with van der Waals surface area (Å²) in [5.41, 5.74) is 2.10. The van der Waals surface area contributed by atoms with E-state index in [9.17, 15) is 14.4 Å². The lowest BCUT2D eigenvalue weighted by Crippen LogP contribution is -2.24. The third-order valence-corrected chi connectivity index (χ3v) is 6.36. The summed E-state index contributed by atoms with van der Waals surface area (Å²) < 4.78 is 0. The largest absolute Gasteiger partial charge is 0.321 e. The van der Waals surface area contributed by atoms with Crippen molar-refractivity contribution in [3.8, 4) is 0 Å². The van der Waals surface area contributed by atoms with E-state index in [1.165, 1.54) is 11.8 Å². The highest BCUT2D eigenvalue weighted by Gasteiger charge is 2.34. The smallest absolute Gasteiger partial charge is 0.255 e. The quantitative estimate of drug-likeness (QED) is 0.384. The Kier molecular flexibility index (Phi) is 5.17. The minimum Gasteiger partial charge on any atom is -0.321 e. The van der Waals surface area contributed by atoms with Crippen molar-refractivity contribution in [3.63, 3.8) is 0 Å². The fraction of sp³-hybridized carbons (Fsp3) is 0. The fourth-order valence-corrected chi connectivity index (χ4v) is 4.76. The summed E-state index contributed by atoms with van der Waals surface area (Å²) in [6.07, 6.45) is 0. The second-order valence-electron chi connectivity index (χ2n) is 7.30. The van der Waals surface area contributed by atoms with Crippen molar-refractivity contribution in [2.24, 2.45) is 0 Å². The number of rotatable bonds is 4. The first-order valence-electron chi connectivity index (χ1n) is 10.1. The number of fused-ring (bicyclic) bond motifs is 2. The second kappa shape index (κ2) is 8.29. The molecule has 5 rings (SSSR count). The molecule has 1 amide bonds. The number of hydrogen-bond donors (Lipinski definition) is 1. The fourth-order valence-electron chi connectivity index (χ4n) is 3.78. The Bertz CT molecular complexity index is 1360. The zero-order chi connectivity index (χ0) is 22.1. The van der Waals surface area contributed by atoms with Gasteiger partial charge in [0.1, 0.15) is 0 Å². The maximum Gasteiger partial charge on any atom is 0.255 e. The maximum absolute atomic E-state index is 13.5. The molecule has 32 heavy (non-hydrogen) atoms. The van der Waals surface area contributed by atoms with Gasteiger partial charge in [-0.3, -0.25) is 14.4 Å². The number of carbonyl (C=O) groups excluding carboxylic acids is 3. The molecule has 0 atom stereocenters. The molecule has 0 fully saturated rings. The highest BCUT2D eigenvalue weighted by molar-refractivity contribution is 7.99. The molecule has 4 aromatic rings. The zero-order valence-electron chi connectivity index (χ0n) is 16.9. The first kappa shape index (κ1) is 20.0. The van der Waals surface area contributed by atoms with Gasteiger partial charge in [-0.05, 0) is 36.4 Å². The SMILES string of the molecule is O=C(Nc1ccc(Sc2ccccc2)c2c1C(=O)c1ccccc1C2=O)c1ccccc1. The van der Waals surface area contributed by atoms with Gasteiger partial charge in [0.15, 0.2) is 11.6 Å². The highest BCUT2D eigenvalue weighted by Crippen LogP contribution is 2.40. The Hall–Kier alpha value is -3.96. The summed E-state index contributed by atoms with van der Waals surface area (Å²) in [6, 6.07) is 28.7. The first-order valence-corrected chi connectivity index (χ1v) is 10.9. The van der Waals surface area contributed by atoms with Gasteiger partial charge in [-0.1, -0.05) is 72.4 Å². The van der Waals surface area contributed by atoms with Gasteiger partial charge in [0.2, 0.25) is 0 Å². The maximum atomic E-state index is 13.5. The molecule has 1 aliphatic carbocycles. The van der Waals surface area contributed by atoms with Gasteiger partial charge in [0.05, 0.1) is 11.3 Å². The van der Waals surface area contributed by atoms with Gasteiger partial charge < -0.3 is 5.32 Å².